The zero-order valence-electron chi connectivity index (χ0n) is 10.8. The van der Waals surface area contributed by atoms with Crippen molar-refractivity contribution in [2.45, 2.75) is 32.6 Å². The van der Waals surface area contributed by atoms with Crippen LogP contribution in [0, 0.1) is 5.92 Å². The molecule has 0 bridgehead atoms. The van der Waals surface area contributed by atoms with E-state index < -0.39 is 0 Å². The first kappa shape index (κ1) is 12.8. The van der Waals surface area contributed by atoms with Crippen molar-refractivity contribution in [3.63, 3.8) is 0 Å². The molecule has 3 nitrogen and oxygen atoms in total. The first-order valence-electron chi connectivity index (χ1n) is 6.60. The summed E-state index contributed by atoms with van der Waals surface area (Å²) in [5, 5.41) is 0. The molecular formula is C15H19NO2. The summed E-state index contributed by atoms with van der Waals surface area (Å²) in [5.74, 6) is -0.150. The maximum Gasteiger partial charge on any atom is 0.233 e. The molecular weight excluding hydrogens is 226 g/mol. The predicted molar refractivity (Wildman–Crippen MR) is 69.9 cm³/mol. The van der Waals surface area contributed by atoms with E-state index in [0.29, 0.717) is 19.4 Å². The van der Waals surface area contributed by atoms with Gasteiger partial charge in [0.2, 0.25) is 11.8 Å². The zero-order chi connectivity index (χ0) is 13.0. The van der Waals surface area contributed by atoms with Crippen LogP contribution < -0.4 is 0 Å². The maximum absolute atomic E-state index is 12.1. The average Bonchev–Trinajstić information content (AvgIpc) is 2.64. The van der Waals surface area contributed by atoms with Gasteiger partial charge < -0.3 is 0 Å². The van der Waals surface area contributed by atoms with Crippen molar-refractivity contribution in [1.82, 2.24) is 4.90 Å². The Morgan fingerprint density at radius 1 is 1.22 bits per heavy atom. The fourth-order valence-corrected chi connectivity index (χ4v) is 2.36. The Kier molecular flexibility index (Phi) is 4.13. The van der Waals surface area contributed by atoms with Crippen molar-refractivity contribution in [1.29, 1.82) is 0 Å². The van der Waals surface area contributed by atoms with Gasteiger partial charge in [0, 0.05) is 13.0 Å². The molecule has 1 unspecified atom stereocenters. The van der Waals surface area contributed by atoms with Crippen LogP contribution in [0.3, 0.4) is 0 Å². The Bertz CT molecular complexity index is 427. The molecule has 1 aliphatic heterocycles. The number of hydrogen-bond acceptors (Lipinski definition) is 2. The van der Waals surface area contributed by atoms with Crippen LogP contribution in [0.25, 0.3) is 0 Å². The molecule has 1 heterocycles. The summed E-state index contributed by atoms with van der Waals surface area (Å²) < 4.78 is 0. The molecule has 18 heavy (non-hydrogen) atoms. The topological polar surface area (TPSA) is 37.4 Å². The molecule has 1 atom stereocenters. The highest BCUT2D eigenvalue weighted by atomic mass is 16.2. The summed E-state index contributed by atoms with van der Waals surface area (Å²) >= 11 is 0. The van der Waals surface area contributed by atoms with Crippen LogP contribution in [0.15, 0.2) is 30.3 Å². The number of carbonyl (C=O) groups excluding carboxylic acids is 2. The van der Waals surface area contributed by atoms with E-state index in [9.17, 15) is 9.59 Å². The van der Waals surface area contributed by atoms with Crippen LogP contribution in [0.2, 0.25) is 0 Å². The molecule has 2 rings (SSSR count). The average molecular weight is 245 g/mol. The number of carbonyl (C=O) groups is 2. The lowest BCUT2D eigenvalue weighted by Gasteiger charge is -2.14. The number of likely N-dealkylation sites (tertiary alicyclic amines) is 1. The Morgan fingerprint density at radius 3 is 2.61 bits per heavy atom. The summed E-state index contributed by atoms with van der Waals surface area (Å²) in [7, 11) is 0. The van der Waals surface area contributed by atoms with Gasteiger partial charge in [-0.2, -0.15) is 0 Å². The van der Waals surface area contributed by atoms with Crippen molar-refractivity contribution in [2.75, 3.05) is 6.54 Å². The smallest absolute Gasteiger partial charge is 0.233 e. The molecule has 0 aromatic heterocycles. The molecule has 0 saturated carbocycles. The van der Waals surface area contributed by atoms with Crippen molar-refractivity contribution >= 4 is 11.8 Å². The quantitative estimate of drug-likeness (QED) is 0.747. The molecule has 96 valence electrons. The number of rotatable bonds is 5. The molecule has 1 aliphatic rings. The van der Waals surface area contributed by atoms with Crippen molar-refractivity contribution in [2.24, 2.45) is 5.92 Å². The fraction of sp³-hybridized carbons (Fsp3) is 0.467. The van der Waals surface area contributed by atoms with Crippen LogP contribution in [-0.2, 0) is 16.0 Å². The Morgan fingerprint density at radius 2 is 1.94 bits per heavy atom. The van der Waals surface area contributed by atoms with Gasteiger partial charge in [0.05, 0.1) is 5.92 Å². The minimum absolute atomic E-state index is 0.00520. The van der Waals surface area contributed by atoms with E-state index in [0.717, 1.165) is 18.4 Å². The van der Waals surface area contributed by atoms with Gasteiger partial charge in [0.1, 0.15) is 0 Å². The van der Waals surface area contributed by atoms with Gasteiger partial charge in [-0.3, -0.25) is 14.5 Å². The van der Waals surface area contributed by atoms with Gasteiger partial charge in [-0.25, -0.2) is 0 Å². The Balaban J connectivity index is 1.99. The Labute approximate surface area is 108 Å². The summed E-state index contributed by atoms with van der Waals surface area (Å²) in [4.78, 5) is 25.4. The Hall–Kier alpha value is -1.64. The van der Waals surface area contributed by atoms with E-state index in [2.05, 4.69) is 6.92 Å². The molecule has 3 heteroatoms. The SMILES string of the molecule is CCCCN1C(=O)CC(Cc2ccccc2)C1=O. The lowest BCUT2D eigenvalue weighted by Crippen LogP contribution is -2.31. The van der Waals surface area contributed by atoms with Crippen LogP contribution in [0.5, 0.6) is 0 Å². The molecule has 1 aromatic carbocycles. The monoisotopic (exact) mass is 245 g/mol. The lowest BCUT2D eigenvalue weighted by atomic mass is 9.98. The van der Waals surface area contributed by atoms with E-state index >= 15 is 0 Å². The van der Waals surface area contributed by atoms with Crippen molar-refractivity contribution in [3.05, 3.63) is 35.9 Å². The second-order valence-electron chi connectivity index (χ2n) is 4.83. The molecule has 1 saturated heterocycles. The van der Waals surface area contributed by atoms with Gasteiger partial charge >= 0.3 is 0 Å². The van der Waals surface area contributed by atoms with E-state index in [1.807, 2.05) is 30.3 Å². The van der Waals surface area contributed by atoms with Crippen LogP contribution >= 0.6 is 0 Å². The van der Waals surface area contributed by atoms with E-state index in [4.69, 9.17) is 0 Å². The first-order chi connectivity index (χ1) is 8.72. The van der Waals surface area contributed by atoms with Gasteiger partial charge in [-0.15, -0.1) is 0 Å². The summed E-state index contributed by atoms with van der Waals surface area (Å²) in [6.45, 7) is 2.64. The van der Waals surface area contributed by atoms with Gasteiger partial charge in [0.25, 0.3) is 0 Å². The molecule has 0 aliphatic carbocycles. The molecule has 0 N–H and O–H groups in total. The minimum atomic E-state index is -0.156. The summed E-state index contributed by atoms with van der Waals surface area (Å²) in [6.07, 6.45) is 2.95. The van der Waals surface area contributed by atoms with Crippen LogP contribution in [0.1, 0.15) is 31.7 Å². The summed E-state index contributed by atoms with van der Waals surface area (Å²) in [5.41, 5.74) is 1.13. The summed E-state index contributed by atoms with van der Waals surface area (Å²) in [6, 6.07) is 9.90. The number of unbranched alkanes of at least 4 members (excludes halogenated alkanes) is 1. The second kappa shape index (κ2) is 5.80. The zero-order valence-corrected chi connectivity index (χ0v) is 10.8. The number of nitrogens with zero attached hydrogens (tertiary/aromatic N) is 1. The van der Waals surface area contributed by atoms with E-state index in [1.165, 1.54) is 4.90 Å². The third-order valence-corrected chi connectivity index (χ3v) is 3.40. The highest BCUT2D eigenvalue weighted by molar-refractivity contribution is 6.03. The van der Waals surface area contributed by atoms with Gasteiger partial charge in [-0.1, -0.05) is 43.7 Å². The van der Waals surface area contributed by atoms with Gasteiger partial charge in [-0.05, 0) is 18.4 Å². The standard InChI is InChI=1S/C15H19NO2/c1-2-3-9-16-14(17)11-13(15(16)18)10-12-7-5-4-6-8-12/h4-8,13H,2-3,9-11H2,1H3. The van der Waals surface area contributed by atoms with Gasteiger partial charge in [0.15, 0.2) is 0 Å². The number of benzene rings is 1. The normalized spacial score (nSPS) is 19.6. The molecule has 2 amide bonds. The number of amides is 2. The highest BCUT2D eigenvalue weighted by Crippen LogP contribution is 2.23. The van der Waals surface area contributed by atoms with Crippen molar-refractivity contribution in [3.8, 4) is 0 Å². The van der Waals surface area contributed by atoms with Crippen molar-refractivity contribution < 1.29 is 9.59 Å². The molecule has 1 aromatic rings. The minimum Gasteiger partial charge on any atom is -0.282 e. The fourth-order valence-electron chi connectivity index (χ4n) is 2.36. The first-order valence-corrected chi connectivity index (χ1v) is 6.60. The van der Waals surface area contributed by atoms with E-state index in [1.54, 1.807) is 0 Å². The highest BCUT2D eigenvalue weighted by Gasteiger charge is 2.37. The maximum atomic E-state index is 12.1. The lowest BCUT2D eigenvalue weighted by molar-refractivity contribution is -0.139. The predicted octanol–water partition coefficient (Wildman–Crippen LogP) is 2.40. The molecule has 0 radical (unpaired) electrons. The largest absolute Gasteiger partial charge is 0.282 e. The second-order valence-corrected chi connectivity index (χ2v) is 4.83. The third-order valence-electron chi connectivity index (χ3n) is 3.40. The van der Waals surface area contributed by atoms with E-state index in [-0.39, 0.29) is 17.7 Å². The van der Waals surface area contributed by atoms with Crippen LogP contribution in [0.4, 0.5) is 0 Å². The number of hydrogen-bond donors (Lipinski definition) is 0. The molecule has 0 spiro atoms. The molecule has 1 fully saturated rings. The number of imide groups is 1. The third kappa shape index (κ3) is 2.78. The van der Waals surface area contributed by atoms with Crippen LogP contribution in [-0.4, -0.2) is 23.3 Å².